The second kappa shape index (κ2) is 5.09. The third-order valence-corrected chi connectivity index (χ3v) is 1.29. The number of carbonyl (C=O) groups is 1. The summed E-state index contributed by atoms with van der Waals surface area (Å²) >= 11 is 0. The van der Waals surface area contributed by atoms with Crippen molar-refractivity contribution in [3.63, 3.8) is 0 Å². The molecule has 0 rings (SSSR count). The fourth-order valence-corrected chi connectivity index (χ4v) is 0.499. The number of amides is 1. The van der Waals surface area contributed by atoms with Crippen LogP contribution in [0.2, 0.25) is 0 Å². The van der Waals surface area contributed by atoms with E-state index in [0.717, 1.165) is 0 Å². The molecule has 0 saturated carbocycles. The molecule has 0 aromatic heterocycles. The van der Waals surface area contributed by atoms with Crippen molar-refractivity contribution < 1.29 is 14.6 Å². The highest BCUT2D eigenvalue weighted by molar-refractivity contribution is 5.80. The van der Waals surface area contributed by atoms with Gasteiger partial charge in [0, 0.05) is 13.7 Å². The minimum atomic E-state index is -0.511. The first-order valence-electron chi connectivity index (χ1n) is 3.56. The van der Waals surface area contributed by atoms with E-state index in [0.29, 0.717) is 0 Å². The first kappa shape index (κ1) is 10.4. The molecule has 11 heavy (non-hydrogen) atoms. The van der Waals surface area contributed by atoms with E-state index in [1.165, 1.54) is 7.11 Å². The number of methoxy groups -OCH3 is 1. The predicted molar refractivity (Wildman–Crippen MR) is 41.2 cm³/mol. The number of hydrogen-bond donors (Lipinski definition) is 2. The van der Waals surface area contributed by atoms with Gasteiger partial charge in [0.1, 0.15) is 6.10 Å². The summed E-state index contributed by atoms with van der Waals surface area (Å²) in [6, 6.07) is 0. The van der Waals surface area contributed by atoms with Gasteiger partial charge in [-0.05, 0) is 13.8 Å². The van der Waals surface area contributed by atoms with E-state index in [9.17, 15) is 4.79 Å². The van der Waals surface area contributed by atoms with E-state index in [2.05, 4.69) is 5.32 Å². The molecule has 0 aromatic carbocycles. The fraction of sp³-hybridized carbons (Fsp3) is 0.857. The Labute approximate surface area is 66.5 Å². The molecule has 66 valence electrons. The maximum atomic E-state index is 10.9. The Morgan fingerprint density at radius 2 is 2.18 bits per heavy atom. The summed E-state index contributed by atoms with van der Waals surface area (Å²) in [6.45, 7) is 3.53. The third-order valence-electron chi connectivity index (χ3n) is 1.29. The Balaban J connectivity index is 3.52. The predicted octanol–water partition coefficient (Wildman–Crippen LogP) is -0.482. The van der Waals surface area contributed by atoms with Gasteiger partial charge >= 0.3 is 0 Å². The summed E-state index contributed by atoms with van der Waals surface area (Å²) in [4.78, 5) is 10.9. The van der Waals surface area contributed by atoms with Crippen LogP contribution in [0.15, 0.2) is 0 Å². The Bertz CT molecular complexity index is 125. The van der Waals surface area contributed by atoms with Gasteiger partial charge in [0.2, 0.25) is 5.91 Å². The lowest BCUT2D eigenvalue weighted by Gasteiger charge is -2.11. The summed E-state index contributed by atoms with van der Waals surface area (Å²) in [7, 11) is 1.46. The van der Waals surface area contributed by atoms with Crippen LogP contribution in [0.5, 0.6) is 0 Å². The van der Waals surface area contributed by atoms with E-state index < -0.39 is 12.2 Å². The Morgan fingerprint density at radius 1 is 1.64 bits per heavy atom. The van der Waals surface area contributed by atoms with Gasteiger partial charge in [-0.3, -0.25) is 4.79 Å². The maximum absolute atomic E-state index is 10.9. The molecule has 0 heterocycles. The van der Waals surface area contributed by atoms with Gasteiger partial charge in [0.05, 0.1) is 6.10 Å². The van der Waals surface area contributed by atoms with Gasteiger partial charge in [-0.1, -0.05) is 0 Å². The smallest absolute Gasteiger partial charge is 0.248 e. The molecule has 0 aromatic rings. The lowest BCUT2D eigenvalue weighted by Crippen LogP contribution is -2.37. The van der Waals surface area contributed by atoms with Crippen LogP contribution in [-0.4, -0.2) is 36.9 Å². The fourth-order valence-electron chi connectivity index (χ4n) is 0.499. The van der Waals surface area contributed by atoms with Crippen molar-refractivity contribution in [2.75, 3.05) is 13.7 Å². The highest BCUT2D eigenvalue weighted by atomic mass is 16.5. The first-order valence-corrected chi connectivity index (χ1v) is 3.56. The average Bonchev–Trinajstić information content (AvgIpc) is 1.98. The monoisotopic (exact) mass is 161 g/mol. The number of hydrogen-bond acceptors (Lipinski definition) is 3. The second-order valence-electron chi connectivity index (χ2n) is 2.47. The summed E-state index contributed by atoms with van der Waals surface area (Å²) in [5, 5.41) is 11.3. The van der Waals surface area contributed by atoms with Crippen molar-refractivity contribution in [1.29, 1.82) is 0 Å². The first-order chi connectivity index (χ1) is 5.07. The summed E-state index contributed by atoms with van der Waals surface area (Å²) < 4.78 is 4.75. The van der Waals surface area contributed by atoms with Crippen LogP contribution in [0.25, 0.3) is 0 Å². The van der Waals surface area contributed by atoms with E-state index in [4.69, 9.17) is 9.84 Å². The van der Waals surface area contributed by atoms with Crippen LogP contribution >= 0.6 is 0 Å². The topological polar surface area (TPSA) is 58.6 Å². The third kappa shape index (κ3) is 4.75. The average molecular weight is 161 g/mol. The van der Waals surface area contributed by atoms with E-state index in [1.54, 1.807) is 13.8 Å². The van der Waals surface area contributed by atoms with Crippen LogP contribution in [0.1, 0.15) is 13.8 Å². The number of rotatable bonds is 4. The van der Waals surface area contributed by atoms with Crippen LogP contribution < -0.4 is 5.32 Å². The van der Waals surface area contributed by atoms with Crippen LogP contribution in [0.4, 0.5) is 0 Å². The summed E-state index contributed by atoms with van der Waals surface area (Å²) in [6.07, 6.45) is -0.961. The number of aliphatic hydroxyl groups is 1. The zero-order valence-corrected chi connectivity index (χ0v) is 7.13. The van der Waals surface area contributed by atoms with Crippen molar-refractivity contribution in [3.8, 4) is 0 Å². The number of aliphatic hydroxyl groups excluding tert-OH is 1. The van der Waals surface area contributed by atoms with E-state index >= 15 is 0 Å². The van der Waals surface area contributed by atoms with Crippen molar-refractivity contribution in [3.05, 3.63) is 0 Å². The molecule has 4 heteroatoms. The van der Waals surface area contributed by atoms with Gasteiger partial charge in [0.15, 0.2) is 0 Å². The number of carbonyl (C=O) groups excluding carboxylic acids is 1. The van der Waals surface area contributed by atoms with Crippen molar-refractivity contribution in [2.24, 2.45) is 0 Å². The molecule has 0 spiro atoms. The van der Waals surface area contributed by atoms with Crippen LogP contribution in [0.3, 0.4) is 0 Å². The SMILES string of the molecule is COC(C)C(=O)NC[C@H](C)O. The molecule has 2 N–H and O–H groups in total. The molecule has 0 saturated heterocycles. The maximum Gasteiger partial charge on any atom is 0.248 e. The molecular weight excluding hydrogens is 146 g/mol. The molecule has 0 aliphatic heterocycles. The Hall–Kier alpha value is -0.610. The number of nitrogens with one attached hydrogen (secondary N) is 1. The van der Waals surface area contributed by atoms with Gasteiger partial charge in [-0.15, -0.1) is 0 Å². The van der Waals surface area contributed by atoms with E-state index in [1.807, 2.05) is 0 Å². The standard InChI is InChI=1S/C7H15NO3/c1-5(9)4-8-7(10)6(2)11-3/h5-6,9H,4H2,1-3H3,(H,8,10)/t5-,6?/m0/s1. The molecule has 0 bridgehead atoms. The summed E-state index contributed by atoms with van der Waals surface area (Å²) in [5.41, 5.74) is 0. The van der Waals surface area contributed by atoms with Crippen molar-refractivity contribution in [2.45, 2.75) is 26.1 Å². The summed E-state index contributed by atoms with van der Waals surface area (Å²) in [5.74, 6) is -0.201. The lowest BCUT2D eigenvalue weighted by atomic mass is 10.3. The molecule has 0 radical (unpaired) electrons. The van der Waals surface area contributed by atoms with Crippen LogP contribution in [0, 0.1) is 0 Å². The van der Waals surface area contributed by atoms with E-state index in [-0.39, 0.29) is 12.5 Å². The molecule has 0 aliphatic carbocycles. The van der Waals surface area contributed by atoms with Gasteiger partial charge in [-0.25, -0.2) is 0 Å². The molecule has 0 aliphatic rings. The van der Waals surface area contributed by atoms with Gasteiger partial charge < -0.3 is 15.2 Å². The zero-order chi connectivity index (χ0) is 8.85. The van der Waals surface area contributed by atoms with Gasteiger partial charge in [0.25, 0.3) is 0 Å². The highest BCUT2D eigenvalue weighted by Gasteiger charge is 2.10. The Morgan fingerprint density at radius 3 is 2.55 bits per heavy atom. The van der Waals surface area contributed by atoms with Crippen molar-refractivity contribution in [1.82, 2.24) is 5.32 Å². The largest absolute Gasteiger partial charge is 0.392 e. The lowest BCUT2D eigenvalue weighted by molar-refractivity contribution is -0.130. The molecular formula is C7H15NO3. The normalized spacial score (nSPS) is 15.6. The number of ether oxygens (including phenoxy) is 1. The molecule has 1 unspecified atom stereocenters. The minimum Gasteiger partial charge on any atom is -0.392 e. The highest BCUT2D eigenvalue weighted by Crippen LogP contribution is 1.86. The molecule has 4 nitrogen and oxygen atoms in total. The molecule has 0 fully saturated rings. The second-order valence-corrected chi connectivity index (χ2v) is 2.47. The quantitative estimate of drug-likeness (QED) is 0.585. The van der Waals surface area contributed by atoms with Gasteiger partial charge in [-0.2, -0.15) is 0 Å². The Kier molecular flexibility index (Phi) is 4.81. The van der Waals surface area contributed by atoms with Crippen molar-refractivity contribution >= 4 is 5.91 Å². The molecule has 1 amide bonds. The molecule has 2 atom stereocenters. The zero-order valence-electron chi connectivity index (χ0n) is 7.13. The van der Waals surface area contributed by atoms with Crippen LogP contribution in [-0.2, 0) is 9.53 Å². The minimum absolute atomic E-state index is 0.201.